The first-order chi connectivity index (χ1) is 9.49. The van der Waals surface area contributed by atoms with Gasteiger partial charge in [0.2, 0.25) is 0 Å². The van der Waals surface area contributed by atoms with Gasteiger partial charge in [0, 0.05) is 18.4 Å². The molecule has 3 heteroatoms. The number of Topliss-reactive ketones (excluding diaryl/α,β-unsaturated/α-hetero) is 1. The summed E-state index contributed by atoms with van der Waals surface area (Å²) in [7, 11) is 1.94. The first-order valence-electron chi connectivity index (χ1n) is 7.42. The van der Waals surface area contributed by atoms with E-state index in [1.54, 1.807) is 0 Å². The number of para-hydroxylation sites is 1. The number of fused-ring (bicyclic) bond motifs is 1. The summed E-state index contributed by atoms with van der Waals surface area (Å²) in [5, 5.41) is 5.66. The van der Waals surface area contributed by atoms with Crippen LogP contribution < -0.4 is 0 Å². The lowest BCUT2D eigenvalue weighted by atomic mass is 9.78. The Hall–Kier alpha value is -1.64. The molecule has 1 atom stereocenters. The van der Waals surface area contributed by atoms with Crippen LogP contribution >= 0.6 is 0 Å². The SMILES string of the molecule is Cn1nc(CC(=O)C2CCCC2(C)C)c2ccccc21. The number of ketones is 1. The number of carbonyl (C=O) groups is 1. The quantitative estimate of drug-likeness (QED) is 0.855. The molecule has 0 spiro atoms. The summed E-state index contributed by atoms with van der Waals surface area (Å²) < 4.78 is 1.87. The molecule has 1 aromatic carbocycles. The van der Waals surface area contributed by atoms with Crippen LogP contribution in [0, 0.1) is 11.3 Å². The molecular formula is C17H22N2O. The van der Waals surface area contributed by atoms with Gasteiger partial charge in [0.15, 0.2) is 0 Å². The molecular weight excluding hydrogens is 248 g/mol. The molecule has 1 aliphatic carbocycles. The molecule has 0 amide bonds. The van der Waals surface area contributed by atoms with Gasteiger partial charge >= 0.3 is 0 Å². The molecule has 106 valence electrons. The van der Waals surface area contributed by atoms with Crippen molar-refractivity contribution in [2.24, 2.45) is 18.4 Å². The van der Waals surface area contributed by atoms with Crippen LogP contribution in [0.1, 0.15) is 38.8 Å². The van der Waals surface area contributed by atoms with Crippen molar-refractivity contribution >= 4 is 16.7 Å². The van der Waals surface area contributed by atoms with Crippen molar-refractivity contribution in [3.8, 4) is 0 Å². The zero-order valence-electron chi connectivity index (χ0n) is 12.5. The monoisotopic (exact) mass is 270 g/mol. The summed E-state index contributed by atoms with van der Waals surface area (Å²) in [5.41, 5.74) is 2.18. The lowest BCUT2D eigenvalue weighted by molar-refractivity contribution is -0.124. The average molecular weight is 270 g/mol. The Morgan fingerprint density at radius 3 is 2.85 bits per heavy atom. The van der Waals surface area contributed by atoms with Crippen LogP contribution in [0.2, 0.25) is 0 Å². The van der Waals surface area contributed by atoms with E-state index in [2.05, 4.69) is 31.1 Å². The summed E-state index contributed by atoms with van der Waals surface area (Å²) in [6, 6.07) is 8.13. The van der Waals surface area contributed by atoms with E-state index in [9.17, 15) is 4.79 Å². The van der Waals surface area contributed by atoms with E-state index in [1.165, 1.54) is 6.42 Å². The van der Waals surface area contributed by atoms with Crippen molar-refractivity contribution in [3.05, 3.63) is 30.0 Å². The minimum atomic E-state index is 0.154. The molecule has 20 heavy (non-hydrogen) atoms. The summed E-state index contributed by atoms with van der Waals surface area (Å²) in [6.07, 6.45) is 3.84. The fraction of sp³-hybridized carbons (Fsp3) is 0.529. The molecule has 3 rings (SSSR count). The Morgan fingerprint density at radius 1 is 1.40 bits per heavy atom. The van der Waals surface area contributed by atoms with Gasteiger partial charge in [0.25, 0.3) is 0 Å². The predicted molar refractivity (Wildman–Crippen MR) is 80.5 cm³/mol. The third-order valence-electron chi connectivity index (χ3n) is 4.82. The zero-order chi connectivity index (χ0) is 14.3. The summed E-state index contributed by atoms with van der Waals surface area (Å²) in [6.45, 7) is 4.44. The molecule has 1 unspecified atom stereocenters. The van der Waals surface area contributed by atoms with Crippen LogP contribution in [0.3, 0.4) is 0 Å². The van der Waals surface area contributed by atoms with Gasteiger partial charge in [-0.1, -0.05) is 38.5 Å². The van der Waals surface area contributed by atoms with E-state index in [4.69, 9.17) is 0 Å². The van der Waals surface area contributed by atoms with Gasteiger partial charge in [0.05, 0.1) is 17.6 Å². The molecule has 0 bridgehead atoms. The predicted octanol–water partition coefficient (Wildman–Crippen LogP) is 3.51. The van der Waals surface area contributed by atoms with Crippen LogP contribution in [0.15, 0.2) is 24.3 Å². The number of rotatable bonds is 3. The van der Waals surface area contributed by atoms with Crippen molar-refractivity contribution in [2.75, 3.05) is 0 Å². The van der Waals surface area contributed by atoms with Gasteiger partial charge in [-0.25, -0.2) is 0 Å². The number of benzene rings is 1. The Labute approximate surface area is 120 Å². The van der Waals surface area contributed by atoms with Crippen LogP contribution in [0.25, 0.3) is 10.9 Å². The number of aryl methyl sites for hydroxylation is 1. The number of hydrogen-bond donors (Lipinski definition) is 0. The zero-order valence-corrected chi connectivity index (χ0v) is 12.5. The smallest absolute Gasteiger partial charge is 0.142 e. The molecule has 0 N–H and O–H groups in total. The molecule has 1 aliphatic rings. The maximum atomic E-state index is 12.6. The fourth-order valence-corrected chi connectivity index (χ4v) is 3.63. The van der Waals surface area contributed by atoms with Crippen molar-refractivity contribution in [1.29, 1.82) is 0 Å². The summed E-state index contributed by atoms with van der Waals surface area (Å²) >= 11 is 0. The van der Waals surface area contributed by atoms with Gasteiger partial charge < -0.3 is 0 Å². The minimum absolute atomic E-state index is 0.154. The fourth-order valence-electron chi connectivity index (χ4n) is 3.63. The van der Waals surface area contributed by atoms with Crippen molar-refractivity contribution in [1.82, 2.24) is 9.78 Å². The Morgan fingerprint density at radius 2 is 2.15 bits per heavy atom. The van der Waals surface area contributed by atoms with Gasteiger partial charge in [-0.3, -0.25) is 9.48 Å². The highest BCUT2D eigenvalue weighted by molar-refractivity contribution is 5.90. The number of carbonyl (C=O) groups excluding carboxylic acids is 1. The molecule has 0 aliphatic heterocycles. The van der Waals surface area contributed by atoms with Crippen LogP contribution in [0.4, 0.5) is 0 Å². The highest BCUT2D eigenvalue weighted by atomic mass is 16.1. The minimum Gasteiger partial charge on any atom is -0.299 e. The third kappa shape index (κ3) is 2.15. The largest absolute Gasteiger partial charge is 0.299 e. The van der Waals surface area contributed by atoms with Crippen molar-refractivity contribution in [3.63, 3.8) is 0 Å². The molecule has 0 radical (unpaired) electrons. The molecule has 1 fully saturated rings. The normalized spacial score (nSPS) is 21.4. The van der Waals surface area contributed by atoms with E-state index in [-0.39, 0.29) is 11.3 Å². The molecule has 1 aromatic heterocycles. The Bertz CT molecular complexity index is 654. The van der Waals surface area contributed by atoms with E-state index < -0.39 is 0 Å². The topological polar surface area (TPSA) is 34.9 Å². The van der Waals surface area contributed by atoms with E-state index in [0.29, 0.717) is 12.2 Å². The van der Waals surface area contributed by atoms with Crippen LogP contribution in [-0.4, -0.2) is 15.6 Å². The molecule has 2 aromatic rings. The highest BCUT2D eigenvalue weighted by Gasteiger charge is 2.39. The standard InChI is InChI=1S/C17H22N2O/c1-17(2)10-6-8-13(17)16(20)11-14-12-7-4-5-9-15(12)19(3)18-14/h4-5,7,9,13H,6,8,10-11H2,1-3H3. The summed E-state index contributed by atoms with van der Waals surface area (Å²) in [4.78, 5) is 12.6. The molecule has 3 nitrogen and oxygen atoms in total. The maximum Gasteiger partial charge on any atom is 0.142 e. The maximum absolute atomic E-state index is 12.6. The Balaban J connectivity index is 1.88. The molecule has 1 heterocycles. The second-order valence-corrected chi connectivity index (χ2v) is 6.66. The van der Waals surface area contributed by atoms with Gasteiger partial charge in [0.1, 0.15) is 5.78 Å². The number of hydrogen-bond acceptors (Lipinski definition) is 2. The molecule has 1 saturated carbocycles. The van der Waals surface area contributed by atoms with Crippen LogP contribution in [-0.2, 0) is 18.3 Å². The van der Waals surface area contributed by atoms with Gasteiger partial charge in [-0.2, -0.15) is 5.10 Å². The first-order valence-corrected chi connectivity index (χ1v) is 7.42. The second kappa shape index (κ2) is 4.72. The first kappa shape index (κ1) is 13.3. The Kier molecular flexibility index (Phi) is 3.15. The van der Waals surface area contributed by atoms with Gasteiger partial charge in [-0.05, 0) is 24.3 Å². The molecule has 0 saturated heterocycles. The van der Waals surface area contributed by atoms with Crippen molar-refractivity contribution < 1.29 is 4.79 Å². The average Bonchev–Trinajstić information content (AvgIpc) is 2.91. The lowest BCUT2D eigenvalue weighted by Gasteiger charge is -2.25. The number of aromatic nitrogens is 2. The second-order valence-electron chi connectivity index (χ2n) is 6.66. The van der Waals surface area contributed by atoms with E-state index in [1.807, 2.05) is 23.9 Å². The highest BCUT2D eigenvalue weighted by Crippen LogP contribution is 2.43. The van der Waals surface area contributed by atoms with E-state index in [0.717, 1.165) is 29.4 Å². The van der Waals surface area contributed by atoms with E-state index >= 15 is 0 Å². The lowest BCUT2D eigenvalue weighted by Crippen LogP contribution is -2.27. The van der Waals surface area contributed by atoms with Crippen LogP contribution in [0.5, 0.6) is 0 Å². The van der Waals surface area contributed by atoms with Gasteiger partial charge in [-0.15, -0.1) is 0 Å². The summed E-state index contributed by atoms with van der Waals surface area (Å²) in [5.74, 6) is 0.555. The van der Waals surface area contributed by atoms with Crippen molar-refractivity contribution in [2.45, 2.75) is 39.5 Å². The third-order valence-corrected chi connectivity index (χ3v) is 4.82. The number of nitrogens with zero attached hydrogens (tertiary/aromatic N) is 2.